The summed E-state index contributed by atoms with van der Waals surface area (Å²) in [7, 11) is -2.23. The second-order valence-corrected chi connectivity index (χ2v) is 7.45. The van der Waals surface area contributed by atoms with Crippen molar-refractivity contribution in [3.05, 3.63) is 23.9 Å². The number of ether oxygens (including phenoxy) is 3. The van der Waals surface area contributed by atoms with Crippen LogP contribution in [0.2, 0.25) is 0 Å². The maximum atomic E-state index is 12.3. The van der Waals surface area contributed by atoms with Gasteiger partial charge < -0.3 is 29.5 Å². The smallest absolute Gasteiger partial charge is 0.257 e. The van der Waals surface area contributed by atoms with Gasteiger partial charge in [0.25, 0.3) is 7.37 Å². The third-order valence-corrected chi connectivity index (χ3v) is 5.04. The van der Waals surface area contributed by atoms with E-state index in [0.29, 0.717) is 12.4 Å². The number of hydrogen-bond donors (Lipinski definition) is 3. The van der Waals surface area contributed by atoms with Crippen molar-refractivity contribution >= 4 is 7.37 Å². The van der Waals surface area contributed by atoms with Crippen molar-refractivity contribution in [3.63, 3.8) is 0 Å². The second kappa shape index (κ2) is 10.8. The number of methoxy groups -OCH3 is 1. The van der Waals surface area contributed by atoms with Gasteiger partial charge in [-0.1, -0.05) is 6.07 Å². The summed E-state index contributed by atoms with van der Waals surface area (Å²) in [5.41, 5.74) is 0.914. The lowest BCUT2D eigenvalue weighted by Crippen LogP contribution is -2.31. The molecule has 0 aliphatic rings. The molecule has 1 aromatic rings. The molecule has 0 aromatic carbocycles. The summed E-state index contributed by atoms with van der Waals surface area (Å²) in [4.78, 5) is 14.2. The average molecular weight is 362 g/mol. The normalized spacial score (nSPS) is 15.2. The summed E-state index contributed by atoms with van der Waals surface area (Å²) < 4.78 is 27.6. The molecule has 9 heteroatoms. The van der Waals surface area contributed by atoms with E-state index in [1.807, 2.05) is 6.07 Å². The number of rotatable bonds is 12. The Bertz CT molecular complexity index is 507. The SMILES string of the molecule is CCOC(OCC)P(=O)(O)C[C@@H](O)CNCc1ccc(OC)nc1. The summed E-state index contributed by atoms with van der Waals surface area (Å²) in [6, 6.07) is 2.39. The molecule has 0 fully saturated rings. The zero-order valence-electron chi connectivity index (χ0n) is 14.3. The van der Waals surface area contributed by atoms with E-state index in [4.69, 9.17) is 14.2 Å². The molecule has 2 atom stereocenters. The predicted octanol–water partition coefficient (Wildman–Crippen LogP) is 1.17. The highest BCUT2D eigenvalue weighted by Crippen LogP contribution is 2.47. The first-order valence-corrected chi connectivity index (χ1v) is 9.76. The van der Waals surface area contributed by atoms with Crippen LogP contribution in [0.3, 0.4) is 0 Å². The highest BCUT2D eigenvalue weighted by atomic mass is 31.2. The number of nitrogens with zero attached hydrogens (tertiary/aromatic N) is 1. The third-order valence-electron chi connectivity index (χ3n) is 3.14. The molecule has 0 radical (unpaired) electrons. The third kappa shape index (κ3) is 7.25. The molecule has 1 unspecified atom stereocenters. The topological polar surface area (TPSA) is 110 Å². The molecule has 1 aromatic heterocycles. The van der Waals surface area contributed by atoms with Gasteiger partial charge in [0, 0.05) is 38.6 Å². The lowest BCUT2D eigenvalue weighted by molar-refractivity contribution is -0.0876. The molecule has 0 saturated carbocycles. The van der Waals surface area contributed by atoms with E-state index in [0.717, 1.165) is 5.56 Å². The molecule has 8 nitrogen and oxygen atoms in total. The lowest BCUT2D eigenvalue weighted by Gasteiger charge is -2.24. The summed E-state index contributed by atoms with van der Waals surface area (Å²) in [6.45, 7) is 4.59. The van der Waals surface area contributed by atoms with Crippen LogP contribution in [-0.4, -0.2) is 60.1 Å². The van der Waals surface area contributed by atoms with E-state index in [1.54, 1.807) is 33.2 Å². The van der Waals surface area contributed by atoms with Gasteiger partial charge in [-0.05, 0) is 19.4 Å². The molecule has 0 aliphatic carbocycles. The first-order valence-electron chi connectivity index (χ1n) is 7.85. The fraction of sp³-hybridized carbons (Fsp3) is 0.667. The quantitative estimate of drug-likeness (QED) is 0.375. The molecular weight excluding hydrogens is 335 g/mol. The highest BCUT2D eigenvalue weighted by molar-refractivity contribution is 7.58. The van der Waals surface area contributed by atoms with Gasteiger partial charge in [0.15, 0.2) is 0 Å². The maximum absolute atomic E-state index is 12.3. The van der Waals surface area contributed by atoms with Crippen LogP contribution in [0, 0.1) is 0 Å². The Morgan fingerprint density at radius 2 is 1.96 bits per heavy atom. The van der Waals surface area contributed by atoms with Gasteiger partial charge >= 0.3 is 0 Å². The number of aromatic nitrogens is 1. The summed E-state index contributed by atoms with van der Waals surface area (Å²) >= 11 is 0. The monoisotopic (exact) mass is 362 g/mol. The molecule has 0 aliphatic heterocycles. The minimum Gasteiger partial charge on any atom is -0.481 e. The fourth-order valence-electron chi connectivity index (χ4n) is 2.04. The number of aliphatic hydroxyl groups is 1. The summed E-state index contributed by atoms with van der Waals surface area (Å²) in [5.74, 6) is 0.526. The Morgan fingerprint density at radius 1 is 1.29 bits per heavy atom. The minimum atomic E-state index is -3.78. The molecule has 24 heavy (non-hydrogen) atoms. The van der Waals surface area contributed by atoms with Gasteiger partial charge in [-0.3, -0.25) is 4.57 Å². The van der Waals surface area contributed by atoms with Gasteiger partial charge in [0.1, 0.15) is 0 Å². The molecule has 1 heterocycles. The van der Waals surface area contributed by atoms with E-state index in [1.165, 1.54) is 0 Å². The van der Waals surface area contributed by atoms with Gasteiger partial charge in [-0.2, -0.15) is 0 Å². The predicted molar refractivity (Wildman–Crippen MR) is 90.2 cm³/mol. The molecule has 0 spiro atoms. The van der Waals surface area contributed by atoms with Gasteiger partial charge in [0.2, 0.25) is 11.9 Å². The zero-order chi connectivity index (χ0) is 18.0. The standard InChI is InChI=1S/C15H27N2O6P/c1-4-22-15(23-5-2)24(19,20)11-13(18)10-16-8-12-6-7-14(21-3)17-9-12/h6-7,9,13,15-16,18H,4-5,8,10-11H2,1-3H3,(H,19,20)/t13-/m0/s1. The van der Waals surface area contributed by atoms with Gasteiger partial charge in [0.05, 0.1) is 19.4 Å². The van der Waals surface area contributed by atoms with E-state index in [9.17, 15) is 14.6 Å². The minimum absolute atomic E-state index is 0.168. The molecule has 0 bridgehead atoms. The molecule has 0 amide bonds. The Morgan fingerprint density at radius 3 is 2.46 bits per heavy atom. The molecule has 3 N–H and O–H groups in total. The van der Waals surface area contributed by atoms with Crippen LogP contribution < -0.4 is 10.1 Å². The molecule has 0 saturated heterocycles. The lowest BCUT2D eigenvalue weighted by atomic mass is 10.3. The highest BCUT2D eigenvalue weighted by Gasteiger charge is 2.34. The van der Waals surface area contributed by atoms with Crippen molar-refractivity contribution in [2.45, 2.75) is 32.5 Å². The van der Waals surface area contributed by atoms with E-state index >= 15 is 0 Å². The zero-order valence-corrected chi connectivity index (χ0v) is 15.2. The number of pyridine rings is 1. The van der Waals surface area contributed by atoms with Gasteiger partial charge in [-0.15, -0.1) is 0 Å². The van der Waals surface area contributed by atoms with Crippen molar-refractivity contribution in [1.29, 1.82) is 0 Å². The van der Waals surface area contributed by atoms with E-state index in [-0.39, 0.29) is 25.9 Å². The maximum Gasteiger partial charge on any atom is 0.257 e. The largest absolute Gasteiger partial charge is 0.481 e. The average Bonchev–Trinajstić information content (AvgIpc) is 2.55. The van der Waals surface area contributed by atoms with Crippen LogP contribution in [-0.2, 0) is 20.6 Å². The van der Waals surface area contributed by atoms with Crippen molar-refractivity contribution in [2.24, 2.45) is 0 Å². The number of aliphatic hydroxyl groups excluding tert-OH is 1. The Kier molecular flexibility index (Phi) is 9.43. The first-order chi connectivity index (χ1) is 11.4. The van der Waals surface area contributed by atoms with Gasteiger partial charge in [-0.25, -0.2) is 4.98 Å². The number of hydrogen-bond acceptors (Lipinski definition) is 7. The van der Waals surface area contributed by atoms with Crippen LogP contribution >= 0.6 is 7.37 Å². The molecule has 1 rings (SSSR count). The van der Waals surface area contributed by atoms with Crippen LogP contribution in [0.5, 0.6) is 5.88 Å². The van der Waals surface area contributed by atoms with Crippen molar-refractivity contribution in [1.82, 2.24) is 10.3 Å². The van der Waals surface area contributed by atoms with E-state index in [2.05, 4.69) is 10.3 Å². The molecule has 138 valence electrons. The fourth-order valence-corrected chi connectivity index (χ4v) is 3.71. The number of nitrogens with one attached hydrogen (secondary N) is 1. The Balaban J connectivity index is 2.43. The van der Waals surface area contributed by atoms with Crippen LogP contribution in [0.4, 0.5) is 0 Å². The second-order valence-electron chi connectivity index (χ2n) is 5.15. The van der Waals surface area contributed by atoms with Crippen molar-refractivity contribution in [2.75, 3.05) is 33.0 Å². The first kappa shape index (κ1) is 21.0. The summed E-state index contributed by atoms with van der Waals surface area (Å²) in [5, 5.41) is 13.0. The Hall–Kier alpha value is -1.02. The van der Waals surface area contributed by atoms with Crippen LogP contribution in [0.15, 0.2) is 18.3 Å². The van der Waals surface area contributed by atoms with Crippen LogP contribution in [0.25, 0.3) is 0 Å². The Labute approximate surface area is 142 Å². The van der Waals surface area contributed by atoms with Crippen LogP contribution in [0.1, 0.15) is 19.4 Å². The van der Waals surface area contributed by atoms with E-state index < -0.39 is 19.5 Å². The summed E-state index contributed by atoms with van der Waals surface area (Å²) in [6.07, 6.45) is 0.372. The van der Waals surface area contributed by atoms with Crippen molar-refractivity contribution in [3.8, 4) is 5.88 Å². The molecular formula is C15H27N2O6P. The van der Waals surface area contributed by atoms with Crippen molar-refractivity contribution < 1.29 is 28.8 Å².